The van der Waals surface area contributed by atoms with E-state index in [1.807, 2.05) is 12.1 Å². The summed E-state index contributed by atoms with van der Waals surface area (Å²) >= 11 is 0. The van der Waals surface area contributed by atoms with Crippen LogP contribution in [0, 0.1) is 0 Å². The van der Waals surface area contributed by atoms with Gasteiger partial charge in [0.05, 0.1) is 31.9 Å². The van der Waals surface area contributed by atoms with Gasteiger partial charge < -0.3 is 29.3 Å². The number of benzene rings is 3. The quantitative estimate of drug-likeness (QED) is 0.266. The van der Waals surface area contributed by atoms with Crippen molar-refractivity contribution in [3.63, 3.8) is 0 Å². The number of nitrogens with zero attached hydrogens (tertiary/aromatic N) is 1. The Bertz CT molecular complexity index is 1430. The molecule has 0 spiro atoms. The molecule has 2 N–H and O–H groups in total. The topological polar surface area (TPSA) is 106 Å². The molecule has 2 aliphatic rings. The minimum Gasteiger partial charge on any atom is -0.507 e. The second kappa shape index (κ2) is 10.5. The maximum atomic E-state index is 13.5. The number of carbonyl (C=O) groups is 2. The Morgan fingerprint density at radius 2 is 1.95 bits per heavy atom. The fraction of sp³-hybridized carbons (Fsp3) is 0.267. The van der Waals surface area contributed by atoms with Crippen molar-refractivity contribution < 1.29 is 34.0 Å². The number of amides is 1. The average Bonchev–Trinajstić information content (AvgIpc) is 3.18. The van der Waals surface area contributed by atoms with Crippen LogP contribution < -0.4 is 14.2 Å². The number of phenolic OH excluding ortho intramolecular Hbond substituents is 1. The van der Waals surface area contributed by atoms with Gasteiger partial charge in [0.25, 0.3) is 11.7 Å². The van der Waals surface area contributed by atoms with E-state index >= 15 is 0 Å². The van der Waals surface area contributed by atoms with E-state index in [0.29, 0.717) is 30.1 Å². The van der Waals surface area contributed by atoms with E-state index in [9.17, 15) is 19.8 Å². The summed E-state index contributed by atoms with van der Waals surface area (Å²) < 4.78 is 16.6. The first-order chi connectivity index (χ1) is 18.4. The Labute approximate surface area is 220 Å². The molecule has 2 heterocycles. The minimum atomic E-state index is -0.909. The highest BCUT2D eigenvalue weighted by Crippen LogP contribution is 2.43. The van der Waals surface area contributed by atoms with Crippen molar-refractivity contribution >= 4 is 17.4 Å². The molecule has 8 heteroatoms. The zero-order chi connectivity index (χ0) is 26.8. The smallest absolute Gasteiger partial charge is 0.295 e. The first-order valence-electron chi connectivity index (χ1n) is 12.5. The van der Waals surface area contributed by atoms with Gasteiger partial charge in [-0.15, -0.1) is 0 Å². The van der Waals surface area contributed by atoms with Gasteiger partial charge in [0.15, 0.2) is 11.5 Å². The number of phenols is 1. The number of aliphatic hydroxyl groups excluding tert-OH is 1. The third-order valence-electron chi connectivity index (χ3n) is 6.81. The molecule has 1 atom stereocenters. The molecule has 1 amide bonds. The second-order valence-electron chi connectivity index (χ2n) is 9.21. The van der Waals surface area contributed by atoms with Crippen LogP contribution in [-0.2, 0) is 22.6 Å². The number of rotatable bonds is 7. The maximum Gasteiger partial charge on any atom is 0.295 e. The van der Waals surface area contributed by atoms with Crippen LogP contribution in [0.5, 0.6) is 23.0 Å². The number of aryl methyl sites for hydroxylation is 1. The highest BCUT2D eigenvalue weighted by molar-refractivity contribution is 6.46. The minimum absolute atomic E-state index is 0.0253. The Hall–Kier alpha value is -4.46. The number of carbonyl (C=O) groups excluding carboxylic acids is 2. The van der Waals surface area contributed by atoms with Crippen LogP contribution in [-0.4, -0.2) is 47.1 Å². The molecule has 196 valence electrons. The fourth-order valence-electron chi connectivity index (χ4n) is 4.99. The van der Waals surface area contributed by atoms with Crippen LogP contribution >= 0.6 is 0 Å². The molecule has 0 radical (unpaired) electrons. The normalized spacial score (nSPS) is 18.2. The number of likely N-dealkylation sites (tertiary alicyclic amines) is 1. The van der Waals surface area contributed by atoms with Crippen molar-refractivity contribution in [1.29, 1.82) is 0 Å². The molecule has 38 heavy (non-hydrogen) atoms. The van der Waals surface area contributed by atoms with E-state index in [2.05, 4.69) is 0 Å². The summed E-state index contributed by atoms with van der Waals surface area (Å²) in [6.45, 7) is 2.85. The summed E-state index contributed by atoms with van der Waals surface area (Å²) in [6.07, 6.45) is 1.65. The highest BCUT2D eigenvalue weighted by atomic mass is 16.5. The van der Waals surface area contributed by atoms with Gasteiger partial charge >= 0.3 is 0 Å². The molecule has 0 bridgehead atoms. The number of methoxy groups -OCH3 is 1. The summed E-state index contributed by atoms with van der Waals surface area (Å²) in [5.41, 5.74) is 2.62. The summed E-state index contributed by atoms with van der Waals surface area (Å²) in [4.78, 5) is 28.3. The summed E-state index contributed by atoms with van der Waals surface area (Å²) in [7, 11) is 1.56. The highest BCUT2D eigenvalue weighted by Gasteiger charge is 2.46. The number of Topliss-reactive ketones (excluding diaryl/α,β-unsaturated/α-hetero) is 1. The zero-order valence-electron chi connectivity index (χ0n) is 21.3. The Kier molecular flexibility index (Phi) is 6.96. The number of hydrogen-bond donors (Lipinski definition) is 2. The first kappa shape index (κ1) is 25.2. The van der Waals surface area contributed by atoms with Crippen molar-refractivity contribution in [3.8, 4) is 23.0 Å². The number of ether oxygens (including phenoxy) is 3. The first-order valence-corrected chi connectivity index (χ1v) is 12.5. The molecule has 0 saturated carbocycles. The van der Waals surface area contributed by atoms with Gasteiger partial charge in [-0.05, 0) is 78.9 Å². The van der Waals surface area contributed by atoms with Crippen molar-refractivity contribution in [2.24, 2.45) is 0 Å². The van der Waals surface area contributed by atoms with Crippen molar-refractivity contribution in [1.82, 2.24) is 4.90 Å². The molecule has 1 saturated heterocycles. The third-order valence-corrected chi connectivity index (χ3v) is 6.81. The molecule has 0 aliphatic carbocycles. The lowest BCUT2D eigenvalue weighted by molar-refractivity contribution is -0.140. The predicted octanol–water partition coefficient (Wildman–Crippen LogP) is 4.75. The van der Waals surface area contributed by atoms with Crippen LogP contribution in [0.4, 0.5) is 0 Å². The molecule has 1 fully saturated rings. The third kappa shape index (κ3) is 4.65. The Morgan fingerprint density at radius 3 is 2.74 bits per heavy atom. The summed E-state index contributed by atoms with van der Waals surface area (Å²) in [5, 5.41) is 21.8. The van der Waals surface area contributed by atoms with Gasteiger partial charge in [-0.1, -0.05) is 18.2 Å². The largest absolute Gasteiger partial charge is 0.507 e. The molecular formula is C30H29NO7. The van der Waals surface area contributed by atoms with E-state index in [4.69, 9.17) is 14.2 Å². The molecule has 3 aromatic rings. The lowest BCUT2D eigenvalue weighted by Gasteiger charge is -2.26. The number of aromatic hydroxyl groups is 1. The molecule has 2 aliphatic heterocycles. The van der Waals surface area contributed by atoms with Crippen molar-refractivity contribution in [2.45, 2.75) is 32.4 Å². The predicted molar refractivity (Wildman–Crippen MR) is 140 cm³/mol. The molecular weight excluding hydrogens is 486 g/mol. The number of hydrogen-bond acceptors (Lipinski definition) is 7. The van der Waals surface area contributed by atoms with Crippen LogP contribution in [0.2, 0.25) is 0 Å². The zero-order valence-corrected chi connectivity index (χ0v) is 21.3. The molecule has 1 unspecified atom stereocenters. The fourth-order valence-corrected chi connectivity index (χ4v) is 4.99. The van der Waals surface area contributed by atoms with E-state index < -0.39 is 17.7 Å². The number of aliphatic hydroxyl groups is 1. The van der Waals surface area contributed by atoms with Gasteiger partial charge in [-0.3, -0.25) is 9.59 Å². The summed E-state index contributed by atoms with van der Waals surface area (Å²) in [5.74, 6) is -0.237. The molecule has 5 rings (SSSR count). The number of ketones is 1. The van der Waals surface area contributed by atoms with Crippen molar-refractivity contribution in [2.75, 3.05) is 20.3 Å². The van der Waals surface area contributed by atoms with Crippen LogP contribution in [0.15, 0.2) is 66.2 Å². The monoisotopic (exact) mass is 515 g/mol. The molecule has 0 aromatic heterocycles. The lowest BCUT2D eigenvalue weighted by atomic mass is 9.93. The van der Waals surface area contributed by atoms with E-state index in [1.165, 1.54) is 11.0 Å². The average molecular weight is 516 g/mol. The summed E-state index contributed by atoms with van der Waals surface area (Å²) in [6, 6.07) is 16.3. The van der Waals surface area contributed by atoms with Crippen molar-refractivity contribution in [3.05, 3.63) is 88.5 Å². The Morgan fingerprint density at radius 1 is 1.11 bits per heavy atom. The van der Waals surface area contributed by atoms with Crippen LogP contribution in [0.3, 0.4) is 0 Å². The second-order valence-corrected chi connectivity index (χ2v) is 9.21. The van der Waals surface area contributed by atoms with Gasteiger partial charge in [-0.25, -0.2) is 0 Å². The molecule has 8 nitrogen and oxygen atoms in total. The lowest BCUT2D eigenvalue weighted by Crippen LogP contribution is -2.29. The van der Waals surface area contributed by atoms with Gasteiger partial charge in [0.2, 0.25) is 0 Å². The van der Waals surface area contributed by atoms with E-state index in [0.717, 1.165) is 29.7 Å². The van der Waals surface area contributed by atoms with Crippen LogP contribution in [0.1, 0.15) is 41.6 Å². The maximum absolute atomic E-state index is 13.5. The SMILES string of the molecule is CCOc1cc(C2/C(=C(\O)c3ccc4c(c3)CCCO4)C(=O)C(=O)N2Cc2cccc(OC)c2)ccc1O. The standard InChI is InChI=1S/C30H29NO7/c1-3-37-25-16-20(9-11-23(25)32)27-26(28(33)21-10-12-24-19(15-21)7-5-13-38-24)29(34)30(35)31(27)17-18-6-4-8-22(14-18)36-2/h4,6,8-12,14-16,27,32-33H,3,5,7,13,17H2,1-2H3/b28-26+. The Balaban J connectivity index is 1.64. The number of fused-ring (bicyclic) bond motifs is 1. The van der Waals surface area contributed by atoms with E-state index in [1.54, 1.807) is 56.5 Å². The molecule has 3 aromatic carbocycles. The van der Waals surface area contributed by atoms with Gasteiger partial charge in [0.1, 0.15) is 17.3 Å². The van der Waals surface area contributed by atoms with Gasteiger partial charge in [0, 0.05) is 12.1 Å². The van der Waals surface area contributed by atoms with Crippen LogP contribution in [0.25, 0.3) is 5.76 Å². The van der Waals surface area contributed by atoms with Gasteiger partial charge in [-0.2, -0.15) is 0 Å². The van der Waals surface area contributed by atoms with E-state index in [-0.39, 0.29) is 29.4 Å².